The van der Waals surface area contributed by atoms with Crippen LogP contribution in [0.5, 0.6) is 0 Å². The van der Waals surface area contributed by atoms with Gasteiger partial charge in [-0.3, -0.25) is 0 Å². The molecule has 0 saturated heterocycles. The van der Waals surface area contributed by atoms with Crippen LogP contribution in [0.2, 0.25) is 0 Å². The third-order valence-corrected chi connectivity index (χ3v) is 1.24. The predicted molar refractivity (Wildman–Crippen MR) is 40.4 cm³/mol. The molecule has 0 aliphatic carbocycles. The van der Waals surface area contributed by atoms with E-state index in [4.69, 9.17) is 13.0 Å². The first-order valence-corrected chi connectivity index (χ1v) is 3.02. The number of carboxylic acids is 2. The van der Waals surface area contributed by atoms with E-state index >= 15 is 0 Å². The van der Waals surface area contributed by atoms with Crippen LogP contribution in [0.1, 0.15) is 23.5 Å². The van der Waals surface area contributed by atoms with Crippen LogP contribution < -0.4 is 0 Å². The molecule has 0 fully saturated rings. The van der Waals surface area contributed by atoms with Gasteiger partial charge in [-0.1, -0.05) is 12.1 Å². The molecule has 0 bridgehead atoms. The van der Waals surface area contributed by atoms with E-state index in [9.17, 15) is 9.59 Å². The Hall–Kier alpha value is -1.84. The fraction of sp³-hybridized carbons (Fsp3) is 0. The van der Waals surface area contributed by atoms with Gasteiger partial charge in [0.05, 0.1) is 13.9 Å². The summed E-state index contributed by atoms with van der Waals surface area (Å²) in [5.41, 5.74) is -1.12. The van der Waals surface area contributed by atoms with E-state index in [0.29, 0.717) is 0 Å². The normalized spacial score (nSPS) is 11.7. The van der Waals surface area contributed by atoms with E-state index in [1.54, 1.807) is 0 Å². The van der Waals surface area contributed by atoms with E-state index in [2.05, 4.69) is 0 Å². The van der Waals surface area contributed by atoms with Crippen molar-refractivity contribution in [2.45, 2.75) is 0 Å². The highest BCUT2D eigenvalue weighted by Crippen LogP contribution is 2.07. The van der Waals surface area contributed by atoms with Crippen LogP contribution in [0.25, 0.3) is 0 Å². The molecule has 62 valence electrons. The zero-order valence-electron chi connectivity index (χ0n) is 7.87. The predicted octanol–water partition coefficient (Wildman–Crippen LogP) is 1.08. The first-order chi connectivity index (χ1) is 6.45. The molecule has 0 aromatic heterocycles. The second-order valence-electron chi connectivity index (χ2n) is 2.00. The van der Waals surface area contributed by atoms with Gasteiger partial charge in [-0.05, 0) is 12.1 Å². The number of hydrogen-bond donors (Lipinski definition) is 2. The summed E-state index contributed by atoms with van der Waals surface area (Å²) in [6.07, 6.45) is 0. The summed E-state index contributed by atoms with van der Waals surface area (Å²) in [4.78, 5) is 21.2. The molecule has 0 atom stereocenters. The van der Waals surface area contributed by atoms with Crippen molar-refractivity contribution in [1.82, 2.24) is 0 Å². The Kier molecular flexibility index (Phi) is 1.46. The molecule has 12 heavy (non-hydrogen) atoms. The smallest absolute Gasteiger partial charge is 0.336 e. The molecule has 0 unspecified atom stereocenters. The molecule has 1 aromatic carbocycles. The highest BCUT2D eigenvalue weighted by Gasteiger charge is 2.13. The Labute approximate surface area is 70.9 Å². The molecule has 0 aliphatic rings. The highest BCUT2D eigenvalue weighted by atomic mass is 16.4. The quantitative estimate of drug-likeness (QED) is 0.692. The molecule has 0 saturated carbocycles. The summed E-state index contributed by atoms with van der Waals surface area (Å²) < 4.78 is 14.4. The number of aromatic carboxylic acids is 2. The number of carbonyl (C=O) groups is 2. The number of carboxylic acid groups (broad SMARTS) is 2. The van der Waals surface area contributed by atoms with Gasteiger partial charge in [-0.2, -0.15) is 0 Å². The fourth-order valence-electron chi connectivity index (χ4n) is 0.736. The number of benzene rings is 1. The van der Waals surface area contributed by atoms with Gasteiger partial charge < -0.3 is 10.2 Å². The lowest BCUT2D eigenvalue weighted by Gasteiger charge is -1.98. The standard InChI is InChI=1S/C8H6O4/c9-7(10)5-3-1-2-4-6(5)8(11)12/h1-4H,(H,9,10)(H,11,12)/i1D,3D. The average Bonchev–Trinajstić information content (AvgIpc) is 2.08. The third kappa shape index (κ3) is 1.42. The van der Waals surface area contributed by atoms with Crippen LogP contribution in [0, 0.1) is 0 Å². The van der Waals surface area contributed by atoms with Gasteiger partial charge in [0.2, 0.25) is 0 Å². The second kappa shape index (κ2) is 3.04. The van der Waals surface area contributed by atoms with Gasteiger partial charge in [-0.15, -0.1) is 0 Å². The largest absolute Gasteiger partial charge is 0.478 e. The molecule has 4 nitrogen and oxygen atoms in total. The minimum Gasteiger partial charge on any atom is -0.478 e. The zero-order valence-corrected chi connectivity index (χ0v) is 5.87. The fourth-order valence-corrected chi connectivity index (χ4v) is 0.736. The molecule has 1 rings (SSSR count). The van der Waals surface area contributed by atoms with Crippen LogP contribution in [-0.2, 0) is 0 Å². The van der Waals surface area contributed by atoms with E-state index in [-0.39, 0.29) is 6.04 Å². The lowest BCUT2D eigenvalue weighted by molar-refractivity contribution is 0.0651. The molecule has 0 aliphatic heterocycles. The molecule has 1 aromatic rings. The van der Waals surface area contributed by atoms with Gasteiger partial charge >= 0.3 is 11.9 Å². The van der Waals surface area contributed by atoms with Crippen molar-refractivity contribution in [2.75, 3.05) is 0 Å². The summed E-state index contributed by atoms with van der Waals surface area (Å²) in [5.74, 6) is -2.93. The van der Waals surface area contributed by atoms with Crippen LogP contribution in [0.15, 0.2) is 24.2 Å². The highest BCUT2D eigenvalue weighted by molar-refractivity contribution is 6.01. The van der Waals surface area contributed by atoms with E-state index < -0.39 is 29.1 Å². The third-order valence-electron chi connectivity index (χ3n) is 1.24. The lowest BCUT2D eigenvalue weighted by Crippen LogP contribution is -2.06. The van der Waals surface area contributed by atoms with Gasteiger partial charge in [0, 0.05) is 0 Å². The molecular weight excluding hydrogens is 160 g/mol. The van der Waals surface area contributed by atoms with Crippen molar-refractivity contribution in [1.29, 1.82) is 0 Å². The first-order valence-electron chi connectivity index (χ1n) is 4.02. The summed E-state index contributed by atoms with van der Waals surface area (Å²) in [6, 6.07) is 1.19. The Morgan fingerprint density at radius 2 is 1.83 bits per heavy atom. The molecule has 0 amide bonds. The average molecular weight is 168 g/mol. The molecule has 0 spiro atoms. The van der Waals surface area contributed by atoms with E-state index in [1.165, 1.54) is 0 Å². The van der Waals surface area contributed by atoms with Gasteiger partial charge in [0.15, 0.2) is 0 Å². The van der Waals surface area contributed by atoms with E-state index in [1.807, 2.05) is 0 Å². The van der Waals surface area contributed by atoms with Gasteiger partial charge in [0.25, 0.3) is 0 Å². The summed E-state index contributed by atoms with van der Waals surface area (Å²) in [7, 11) is 0. The van der Waals surface area contributed by atoms with Crippen LogP contribution in [-0.4, -0.2) is 22.2 Å². The van der Waals surface area contributed by atoms with Crippen LogP contribution >= 0.6 is 0 Å². The maximum absolute atomic E-state index is 10.6. The Balaban J connectivity index is 3.53. The van der Waals surface area contributed by atoms with Gasteiger partial charge in [-0.25, -0.2) is 9.59 Å². The first kappa shape index (κ1) is 5.77. The van der Waals surface area contributed by atoms with Crippen LogP contribution in [0.4, 0.5) is 0 Å². The maximum Gasteiger partial charge on any atom is 0.336 e. The Morgan fingerprint density at radius 1 is 1.25 bits per heavy atom. The monoisotopic (exact) mass is 168 g/mol. The zero-order chi connectivity index (χ0) is 10.9. The minimum atomic E-state index is -1.51. The SMILES string of the molecule is [2H]c1ccc(C(=O)O)c(C(=O)O)c1[2H]. The summed E-state index contributed by atoms with van der Waals surface area (Å²) in [5, 5.41) is 17.3. The molecule has 4 heteroatoms. The van der Waals surface area contributed by atoms with E-state index in [0.717, 1.165) is 12.1 Å². The van der Waals surface area contributed by atoms with Crippen molar-refractivity contribution in [3.05, 3.63) is 35.3 Å². The molecular formula is C8H6O4. The summed E-state index contributed by atoms with van der Waals surface area (Å²) in [6.45, 7) is 0. The lowest BCUT2D eigenvalue weighted by atomic mass is 10.1. The van der Waals surface area contributed by atoms with Gasteiger partial charge in [0.1, 0.15) is 0 Å². The number of hydrogen-bond acceptors (Lipinski definition) is 2. The van der Waals surface area contributed by atoms with Crippen molar-refractivity contribution in [3.8, 4) is 0 Å². The minimum absolute atomic E-state index is 0.313. The number of rotatable bonds is 2. The topological polar surface area (TPSA) is 74.6 Å². The van der Waals surface area contributed by atoms with Crippen molar-refractivity contribution in [2.24, 2.45) is 0 Å². The van der Waals surface area contributed by atoms with Crippen molar-refractivity contribution in [3.63, 3.8) is 0 Å². The van der Waals surface area contributed by atoms with Crippen LogP contribution in [0.3, 0.4) is 0 Å². The maximum atomic E-state index is 10.6. The Morgan fingerprint density at radius 3 is 2.33 bits per heavy atom. The molecule has 0 heterocycles. The molecule has 2 N–H and O–H groups in total. The van der Waals surface area contributed by atoms with Crippen molar-refractivity contribution >= 4 is 11.9 Å². The van der Waals surface area contributed by atoms with Crippen molar-refractivity contribution < 1.29 is 22.5 Å². The second-order valence-corrected chi connectivity index (χ2v) is 2.00. The Bertz CT molecular complexity index is 414. The molecule has 0 radical (unpaired) electrons. The summed E-state index contributed by atoms with van der Waals surface area (Å²) >= 11 is 0.